The number of nitrogens with one attached hydrogen (secondary N) is 3. The second-order valence-electron chi connectivity index (χ2n) is 10.8. The van der Waals surface area contributed by atoms with Crippen LogP contribution in [0.25, 0.3) is 10.8 Å². The number of allylic oxidation sites excluding steroid dienone is 1. The predicted octanol–water partition coefficient (Wildman–Crippen LogP) is 5.92. The van der Waals surface area contributed by atoms with Gasteiger partial charge in [-0.25, -0.2) is 15.0 Å². The van der Waals surface area contributed by atoms with Crippen LogP contribution in [0.5, 0.6) is 23.0 Å². The highest BCUT2D eigenvalue weighted by Gasteiger charge is 2.32. The molecule has 49 heavy (non-hydrogen) atoms. The minimum atomic E-state index is -0.780. The van der Waals surface area contributed by atoms with Gasteiger partial charge in [-0.2, -0.15) is 5.10 Å². The summed E-state index contributed by atoms with van der Waals surface area (Å²) in [5.41, 5.74) is 5.31. The van der Waals surface area contributed by atoms with Crippen molar-refractivity contribution in [2.45, 2.75) is 26.5 Å². The minimum Gasteiger partial charge on any atom is -0.493 e. The number of esters is 1. The maximum Gasteiger partial charge on any atom is 0.338 e. The Balaban J connectivity index is 1.19. The molecule has 0 aromatic heterocycles. The number of urea groups is 1. The first kappa shape index (κ1) is 34.8. The molecule has 0 bridgehead atoms. The maximum absolute atomic E-state index is 12.6. The predicted molar refractivity (Wildman–Crippen MR) is 187 cm³/mol. The van der Waals surface area contributed by atoms with Gasteiger partial charge < -0.3 is 34.3 Å². The lowest BCUT2D eigenvalue weighted by molar-refractivity contribution is -0.139. The van der Waals surface area contributed by atoms with Gasteiger partial charge in [0.1, 0.15) is 6.61 Å². The molecule has 0 radical (unpaired) electrons. The average molecular weight is 732 g/mol. The van der Waals surface area contributed by atoms with Crippen LogP contribution in [-0.4, -0.2) is 51.6 Å². The van der Waals surface area contributed by atoms with Crippen molar-refractivity contribution < 1.29 is 38.1 Å². The summed E-state index contributed by atoms with van der Waals surface area (Å²) >= 11 is 3.56. The first-order valence-corrected chi connectivity index (χ1v) is 16.1. The van der Waals surface area contributed by atoms with Gasteiger partial charge in [-0.3, -0.25) is 4.79 Å². The van der Waals surface area contributed by atoms with Crippen LogP contribution in [0.1, 0.15) is 36.6 Å². The monoisotopic (exact) mass is 730 g/mol. The third-order valence-electron chi connectivity index (χ3n) is 7.50. The summed E-state index contributed by atoms with van der Waals surface area (Å²) in [5.74, 6) is 0.528. The van der Waals surface area contributed by atoms with E-state index in [4.69, 9.17) is 23.7 Å². The number of carbonyl (C=O) groups is 3. The fourth-order valence-electron chi connectivity index (χ4n) is 5.20. The van der Waals surface area contributed by atoms with E-state index in [1.807, 2.05) is 18.2 Å². The number of amides is 3. The van der Waals surface area contributed by atoms with E-state index < -0.39 is 23.9 Å². The van der Waals surface area contributed by atoms with Crippen LogP contribution < -0.4 is 35.0 Å². The topological polar surface area (TPSA) is 146 Å². The van der Waals surface area contributed by atoms with E-state index in [0.29, 0.717) is 45.2 Å². The Morgan fingerprint density at radius 2 is 1.71 bits per heavy atom. The number of benzene rings is 4. The summed E-state index contributed by atoms with van der Waals surface area (Å²) in [5, 5.41) is 11.7. The van der Waals surface area contributed by atoms with Gasteiger partial charge in [0, 0.05) is 5.70 Å². The molecule has 0 saturated heterocycles. The molecule has 0 saturated carbocycles. The summed E-state index contributed by atoms with van der Waals surface area (Å²) in [6.45, 7) is 3.49. The van der Waals surface area contributed by atoms with E-state index in [1.54, 1.807) is 51.3 Å². The molecule has 1 aliphatic rings. The molecule has 13 heteroatoms. The minimum absolute atomic E-state index is 0.179. The van der Waals surface area contributed by atoms with Gasteiger partial charge in [0.2, 0.25) is 0 Å². The van der Waals surface area contributed by atoms with Crippen LogP contribution in [0.2, 0.25) is 0 Å². The second kappa shape index (κ2) is 16.0. The number of carbonyl (C=O) groups excluding carboxylic acids is 3. The Kier molecular flexibility index (Phi) is 11.4. The molecular weight excluding hydrogens is 696 g/mol. The van der Waals surface area contributed by atoms with Gasteiger partial charge in [-0.1, -0.05) is 42.5 Å². The number of fused-ring (bicyclic) bond motifs is 1. The standard InChI is InChI=1S/C36H35BrN4O8/c1-5-47-35(43)32-21(2)39-36(44)40-33(32)26-12-13-28(29(17-26)45-3)48-20-31(42)41-38-18-23-15-27(37)34(30(16-23)46-4)49-19-22-10-11-24-8-6-7-9-25(24)14-22/h6-18,33H,5,19-20H2,1-4H3,(H,41,42)(H2,39,40,44)/b38-18-/t33-/m0/s1. The van der Waals surface area contributed by atoms with Gasteiger partial charge in [0.25, 0.3) is 5.91 Å². The van der Waals surface area contributed by atoms with E-state index in [9.17, 15) is 14.4 Å². The van der Waals surface area contributed by atoms with Crippen LogP contribution in [0, 0.1) is 0 Å². The van der Waals surface area contributed by atoms with Crippen molar-refractivity contribution in [1.82, 2.24) is 16.1 Å². The van der Waals surface area contributed by atoms with E-state index in [1.165, 1.54) is 13.3 Å². The molecule has 5 rings (SSSR count). The van der Waals surface area contributed by atoms with Gasteiger partial charge in [0.15, 0.2) is 29.6 Å². The molecule has 0 fully saturated rings. The number of nitrogens with zero attached hydrogens (tertiary/aromatic N) is 1. The van der Waals surface area contributed by atoms with Crippen molar-refractivity contribution in [3.63, 3.8) is 0 Å². The summed E-state index contributed by atoms with van der Waals surface area (Å²) in [7, 11) is 2.99. The van der Waals surface area contributed by atoms with Crippen molar-refractivity contribution in [3.8, 4) is 23.0 Å². The van der Waals surface area contributed by atoms with Gasteiger partial charge >= 0.3 is 12.0 Å². The molecule has 0 aliphatic carbocycles. The van der Waals surface area contributed by atoms with E-state index >= 15 is 0 Å². The lowest BCUT2D eigenvalue weighted by Crippen LogP contribution is -2.45. The highest BCUT2D eigenvalue weighted by atomic mass is 79.9. The number of rotatable bonds is 13. The molecule has 4 aromatic carbocycles. The Morgan fingerprint density at radius 3 is 2.47 bits per heavy atom. The zero-order chi connectivity index (χ0) is 34.9. The molecule has 0 unspecified atom stereocenters. The third-order valence-corrected chi connectivity index (χ3v) is 8.09. The fraction of sp³-hybridized carbons (Fsp3) is 0.222. The first-order valence-electron chi connectivity index (χ1n) is 15.3. The van der Waals surface area contributed by atoms with Crippen LogP contribution in [0.15, 0.2) is 93.6 Å². The zero-order valence-corrected chi connectivity index (χ0v) is 28.9. The maximum atomic E-state index is 12.6. The molecule has 254 valence electrons. The van der Waals surface area contributed by atoms with Crippen LogP contribution in [0.3, 0.4) is 0 Å². The van der Waals surface area contributed by atoms with Crippen LogP contribution in [0.4, 0.5) is 4.79 Å². The summed E-state index contributed by atoms with van der Waals surface area (Å²) in [6, 6.07) is 21.5. The molecule has 4 aromatic rings. The Morgan fingerprint density at radius 1 is 0.939 bits per heavy atom. The molecule has 1 heterocycles. The van der Waals surface area contributed by atoms with E-state index in [-0.39, 0.29) is 24.5 Å². The fourth-order valence-corrected chi connectivity index (χ4v) is 5.77. The van der Waals surface area contributed by atoms with Crippen LogP contribution in [-0.2, 0) is 20.9 Å². The summed E-state index contributed by atoms with van der Waals surface area (Å²) in [6.07, 6.45) is 1.47. The van der Waals surface area contributed by atoms with Crippen molar-refractivity contribution >= 4 is 50.8 Å². The number of hydrazone groups is 1. The molecule has 0 spiro atoms. The lowest BCUT2D eigenvalue weighted by Gasteiger charge is -2.28. The molecule has 3 amide bonds. The van der Waals surface area contributed by atoms with Crippen molar-refractivity contribution in [3.05, 3.63) is 105 Å². The normalized spacial score (nSPS) is 14.2. The third kappa shape index (κ3) is 8.49. The number of ether oxygens (including phenoxy) is 5. The van der Waals surface area contributed by atoms with E-state index in [0.717, 1.165) is 16.3 Å². The van der Waals surface area contributed by atoms with Crippen molar-refractivity contribution in [2.75, 3.05) is 27.4 Å². The van der Waals surface area contributed by atoms with Crippen molar-refractivity contribution in [1.29, 1.82) is 0 Å². The zero-order valence-electron chi connectivity index (χ0n) is 27.3. The van der Waals surface area contributed by atoms with Crippen molar-refractivity contribution in [2.24, 2.45) is 5.10 Å². The summed E-state index contributed by atoms with van der Waals surface area (Å²) < 4.78 is 28.7. The van der Waals surface area contributed by atoms with Gasteiger partial charge in [-0.15, -0.1) is 0 Å². The molecule has 1 atom stereocenters. The lowest BCUT2D eigenvalue weighted by atomic mass is 9.95. The number of methoxy groups -OCH3 is 2. The number of hydrogen-bond acceptors (Lipinski definition) is 9. The number of halogens is 1. The average Bonchev–Trinajstić information content (AvgIpc) is 3.09. The highest BCUT2D eigenvalue weighted by Crippen LogP contribution is 2.37. The second-order valence-corrected chi connectivity index (χ2v) is 11.6. The smallest absolute Gasteiger partial charge is 0.338 e. The van der Waals surface area contributed by atoms with E-state index in [2.05, 4.69) is 61.4 Å². The first-order chi connectivity index (χ1) is 23.7. The quantitative estimate of drug-likeness (QED) is 0.0874. The number of hydrogen-bond donors (Lipinski definition) is 3. The summed E-state index contributed by atoms with van der Waals surface area (Å²) in [4.78, 5) is 37.4. The highest BCUT2D eigenvalue weighted by molar-refractivity contribution is 9.10. The molecular formula is C36H35BrN4O8. The van der Waals surface area contributed by atoms with Gasteiger partial charge in [0.05, 0.1) is 43.1 Å². The molecule has 12 nitrogen and oxygen atoms in total. The Labute approximate surface area is 291 Å². The Bertz CT molecular complexity index is 1940. The van der Waals surface area contributed by atoms with Crippen LogP contribution >= 0.6 is 15.9 Å². The Hall–Kier alpha value is -5.56. The van der Waals surface area contributed by atoms with Gasteiger partial charge in [-0.05, 0) is 87.6 Å². The largest absolute Gasteiger partial charge is 0.493 e. The molecule has 1 aliphatic heterocycles. The SMILES string of the molecule is CCOC(=O)C1=C(C)NC(=O)N[C@H]1c1ccc(OCC(=O)N/N=C\c2cc(Br)c(OCc3ccc4ccccc4c3)c(OC)c2)c(OC)c1. The molecule has 3 N–H and O–H groups in total.